The van der Waals surface area contributed by atoms with Gasteiger partial charge in [-0.05, 0) is 39.7 Å². The zero-order valence-electron chi connectivity index (χ0n) is 10.8. The van der Waals surface area contributed by atoms with E-state index >= 15 is 0 Å². The van der Waals surface area contributed by atoms with Gasteiger partial charge in [-0.1, -0.05) is 12.1 Å². The first-order chi connectivity index (χ1) is 8.19. The summed E-state index contributed by atoms with van der Waals surface area (Å²) in [7, 11) is 5.41. The van der Waals surface area contributed by atoms with Crippen LogP contribution in [0.15, 0.2) is 18.2 Å². The summed E-state index contributed by atoms with van der Waals surface area (Å²) in [5.41, 5.74) is 0.677. The highest BCUT2D eigenvalue weighted by Gasteiger charge is 2.09. The Hall–Kier alpha value is -1.13. The lowest BCUT2D eigenvalue weighted by Crippen LogP contribution is -2.23. The number of nitrogens with one attached hydrogen (secondary N) is 1. The summed E-state index contributed by atoms with van der Waals surface area (Å²) in [4.78, 5) is 2.11. The second kappa shape index (κ2) is 7.25. The lowest BCUT2D eigenvalue weighted by Gasteiger charge is -2.17. The molecule has 96 valence electrons. The molecular weight excluding hydrogens is 219 g/mol. The molecule has 3 nitrogen and oxygen atoms in total. The maximum Gasteiger partial charge on any atom is 0.169 e. The van der Waals surface area contributed by atoms with Crippen molar-refractivity contribution >= 4 is 0 Å². The fraction of sp³-hybridized carbons (Fsp3) is 0.538. The van der Waals surface area contributed by atoms with Gasteiger partial charge in [0.15, 0.2) is 11.6 Å². The van der Waals surface area contributed by atoms with Crippen molar-refractivity contribution in [3.63, 3.8) is 0 Å². The molecule has 0 unspecified atom stereocenters. The van der Waals surface area contributed by atoms with Gasteiger partial charge in [-0.2, -0.15) is 0 Å². The van der Waals surface area contributed by atoms with Crippen molar-refractivity contribution in [1.82, 2.24) is 10.2 Å². The van der Waals surface area contributed by atoms with Crippen LogP contribution in [0.1, 0.15) is 12.0 Å². The molecule has 1 rings (SSSR count). The van der Waals surface area contributed by atoms with E-state index in [-0.39, 0.29) is 5.82 Å². The van der Waals surface area contributed by atoms with Crippen molar-refractivity contribution in [2.75, 3.05) is 34.3 Å². The van der Waals surface area contributed by atoms with Gasteiger partial charge in [0.1, 0.15) is 0 Å². The van der Waals surface area contributed by atoms with Crippen LogP contribution in [0.4, 0.5) is 4.39 Å². The molecule has 1 aromatic carbocycles. The average Bonchev–Trinajstić information content (AvgIpc) is 2.32. The molecule has 0 aliphatic heterocycles. The number of nitrogens with zero attached hydrogens (tertiary/aromatic N) is 1. The number of hydrogen-bond donors (Lipinski definition) is 1. The van der Waals surface area contributed by atoms with Crippen molar-refractivity contribution in [3.05, 3.63) is 29.6 Å². The summed E-state index contributed by atoms with van der Waals surface area (Å²) in [6, 6.07) is 5.25. The third kappa shape index (κ3) is 4.32. The molecule has 0 radical (unpaired) electrons. The fourth-order valence-electron chi connectivity index (χ4n) is 1.73. The SMILES string of the molecule is CNCCCN(C)Cc1cccc(OC)c1F. The lowest BCUT2D eigenvalue weighted by molar-refractivity contribution is 0.311. The van der Waals surface area contributed by atoms with Gasteiger partial charge >= 0.3 is 0 Å². The monoisotopic (exact) mass is 240 g/mol. The van der Waals surface area contributed by atoms with E-state index in [0.29, 0.717) is 17.9 Å². The number of ether oxygens (including phenoxy) is 1. The second-order valence-electron chi connectivity index (χ2n) is 4.13. The molecule has 0 aromatic heterocycles. The molecule has 0 aliphatic carbocycles. The van der Waals surface area contributed by atoms with E-state index in [0.717, 1.165) is 19.5 Å². The Morgan fingerprint density at radius 2 is 2.18 bits per heavy atom. The van der Waals surface area contributed by atoms with Crippen molar-refractivity contribution in [1.29, 1.82) is 0 Å². The van der Waals surface area contributed by atoms with E-state index in [2.05, 4.69) is 10.2 Å². The molecule has 17 heavy (non-hydrogen) atoms. The standard InChI is InChI=1S/C13H21FN2O/c1-15-8-5-9-16(2)10-11-6-4-7-12(17-3)13(11)14/h4,6-7,15H,5,8-10H2,1-3H3. The molecular formula is C13H21FN2O. The summed E-state index contributed by atoms with van der Waals surface area (Å²) in [6.07, 6.45) is 1.05. The van der Waals surface area contributed by atoms with Crippen LogP contribution in [0.25, 0.3) is 0 Å². The highest BCUT2D eigenvalue weighted by atomic mass is 19.1. The molecule has 0 saturated heterocycles. The highest BCUT2D eigenvalue weighted by molar-refractivity contribution is 5.30. The van der Waals surface area contributed by atoms with Crippen LogP contribution in [-0.2, 0) is 6.54 Å². The van der Waals surface area contributed by atoms with Crippen LogP contribution >= 0.6 is 0 Å². The first-order valence-corrected chi connectivity index (χ1v) is 5.83. The zero-order chi connectivity index (χ0) is 12.7. The number of benzene rings is 1. The fourth-order valence-corrected chi connectivity index (χ4v) is 1.73. The van der Waals surface area contributed by atoms with Crippen molar-refractivity contribution < 1.29 is 9.13 Å². The molecule has 1 N–H and O–H groups in total. The lowest BCUT2D eigenvalue weighted by atomic mass is 10.2. The number of halogens is 1. The van der Waals surface area contributed by atoms with Crippen molar-refractivity contribution in [3.8, 4) is 5.75 Å². The Kier molecular flexibility index (Phi) is 5.94. The molecule has 0 amide bonds. The third-order valence-electron chi connectivity index (χ3n) is 2.67. The predicted octanol–water partition coefficient (Wildman–Crippen LogP) is 1.88. The number of hydrogen-bond acceptors (Lipinski definition) is 3. The van der Waals surface area contributed by atoms with Crippen LogP contribution in [0, 0.1) is 5.82 Å². The van der Waals surface area contributed by atoms with Crippen LogP contribution in [0.3, 0.4) is 0 Å². The molecule has 0 spiro atoms. The topological polar surface area (TPSA) is 24.5 Å². The van der Waals surface area contributed by atoms with Gasteiger partial charge in [0.05, 0.1) is 7.11 Å². The van der Waals surface area contributed by atoms with E-state index in [1.54, 1.807) is 12.1 Å². The molecule has 0 aliphatic rings. The van der Waals surface area contributed by atoms with Crippen LogP contribution in [0.5, 0.6) is 5.75 Å². The van der Waals surface area contributed by atoms with Gasteiger partial charge in [0.25, 0.3) is 0 Å². The minimum atomic E-state index is -0.254. The maximum absolute atomic E-state index is 13.9. The Morgan fingerprint density at radius 3 is 2.82 bits per heavy atom. The summed E-state index contributed by atoms with van der Waals surface area (Å²) in [5.74, 6) is 0.0570. The molecule has 1 aromatic rings. The first-order valence-electron chi connectivity index (χ1n) is 5.83. The molecule has 0 saturated carbocycles. The Labute approximate surface area is 103 Å². The third-order valence-corrected chi connectivity index (χ3v) is 2.67. The van der Waals surface area contributed by atoms with Gasteiger partial charge in [0, 0.05) is 12.1 Å². The molecule has 0 bridgehead atoms. The minimum Gasteiger partial charge on any atom is -0.494 e. The molecule has 4 heteroatoms. The van der Waals surface area contributed by atoms with Gasteiger partial charge in [-0.3, -0.25) is 0 Å². The zero-order valence-corrected chi connectivity index (χ0v) is 10.8. The normalized spacial score (nSPS) is 10.9. The van der Waals surface area contributed by atoms with E-state index in [9.17, 15) is 4.39 Å². The average molecular weight is 240 g/mol. The van der Waals surface area contributed by atoms with Gasteiger partial charge in [0.2, 0.25) is 0 Å². The largest absolute Gasteiger partial charge is 0.494 e. The van der Waals surface area contributed by atoms with Gasteiger partial charge in [-0.15, -0.1) is 0 Å². The Balaban J connectivity index is 2.55. The van der Waals surface area contributed by atoms with Crippen LogP contribution in [0.2, 0.25) is 0 Å². The summed E-state index contributed by atoms with van der Waals surface area (Å²) < 4.78 is 18.8. The maximum atomic E-state index is 13.9. The van der Waals surface area contributed by atoms with Gasteiger partial charge in [-0.25, -0.2) is 4.39 Å². The quantitative estimate of drug-likeness (QED) is 0.736. The molecule has 0 heterocycles. The summed E-state index contributed by atoms with van der Waals surface area (Å²) in [5, 5.41) is 3.10. The van der Waals surface area contributed by atoms with Crippen LogP contribution < -0.4 is 10.1 Å². The smallest absolute Gasteiger partial charge is 0.169 e. The summed E-state index contributed by atoms with van der Waals surface area (Å²) >= 11 is 0. The Bertz CT molecular complexity index is 344. The van der Waals surface area contributed by atoms with Crippen molar-refractivity contribution in [2.24, 2.45) is 0 Å². The van der Waals surface area contributed by atoms with E-state index in [4.69, 9.17) is 4.74 Å². The predicted molar refractivity (Wildman–Crippen MR) is 67.8 cm³/mol. The second-order valence-corrected chi connectivity index (χ2v) is 4.13. The van der Waals surface area contributed by atoms with Crippen molar-refractivity contribution in [2.45, 2.75) is 13.0 Å². The van der Waals surface area contributed by atoms with Crippen LogP contribution in [-0.4, -0.2) is 39.2 Å². The first kappa shape index (κ1) is 13.9. The molecule has 0 atom stereocenters. The van der Waals surface area contributed by atoms with Gasteiger partial charge < -0.3 is 15.0 Å². The number of rotatable bonds is 7. The van der Waals surface area contributed by atoms with E-state index < -0.39 is 0 Å². The Morgan fingerprint density at radius 1 is 1.41 bits per heavy atom. The summed E-state index contributed by atoms with van der Waals surface area (Å²) in [6.45, 7) is 2.52. The molecule has 0 fully saturated rings. The minimum absolute atomic E-state index is 0.254. The number of methoxy groups -OCH3 is 1. The van der Waals surface area contributed by atoms with E-state index in [1.807, 2.05) is 20.2 Å². The highest BCUT2D eigenvalue weighted by Crippen LogP contribution is 2.20. The van der Waals surface area contributed by atoms with E-state index in [1.165, 1.54) is 7.11 Å².